The van der Waals surface area contributed by atoms with Gasteiger partial charge in [-0.25, -0.2) is 0 Å². The van der Waals surface area contributed by atoms with Gasteiger partial charge >= 0.3 is 0 Å². The van der Waals surface area contributed by atoms with Crippen molar-refractivity contribution in [1.82, 2.24) is 0 Å². The zero-order valence-electron chi connectivity index (χ0n) is 8.10. The summed E-state index contributed by atoms with van der Waals surface area (Å²) in [7, 11) is 0. The number of rotatable bonds is 0. The highest BCUT2D eigenvalue weighted by Gasteiger charge is 2.08. The molecule has 0 bridgehead atoms. The Bertz CT molecular complexity index is 773. The molecule has 0 unspecified atom stereocenters. The third-order valence-electron chi connectivity index (χ3n) is 2.46. The van der Waals surface area contributed by atoms with E-state index in [2.05, 4.69) is 0 Å². The van der Waals surface area contributed by atoms with Gasteiger partial charge in [0.15, 0.2) is 5.42 Å². The topological polar surface area (TPSA) is 47.3 Å². The average molecular weight is 230 g/mol. The fraction of sp³-hybridized carbons (Fsp3) is 0. The summed E-state index contributed by atoms with van der Waals surface area (Å²) < 4.78 is 5.51. The third-order valence-corrected chi connectivity index (χ3v) is 3.32. The van der Waals surface area contributed by atoms with Crippen LogP contribution in [0, 0.1) is 9.95 Å². The van der Waals surface area contributed by atoms with Crippen LogP contribution in [-0.4, -0.2) is 0 Å². The van der Waals surface area contributed by atoms with Crippen molar-refractivity contribution in [2.75, 3.05) is 0 Å². The Morgan fingerprint density at radius 1 is 1.00 bits per heavy atom. The van der Waals surface area contributed by atoms with Gasteiger partial charge in [-0.3, -0.25) is 9.59 Å². The van der Waals surface area contributed by atoms with Crippen molar-refractivity contribution < 1.29 is 4.42 Å². The van der Waals surface area contributed by atoms with E-state index in [1.165, 1.54) is 17.6 Å². The maximum atomic E-state index is 12.1. The highest BCUT2D eigenvalue weighted by atomic mass is 32.1. The minimum atomic E-state index is -0.220. The molecule has 0 fully saturated rings. The predicted octanol–water partition coefficient (Wildman–Crippen LogP) is 1.94. The largest absolute Gasteiger partial charge is 0.458 e. The molecule has 2 aliphatic rings. The summed E-state index contributed by atoms with van der Waals surface area (Å²) >= 11 is 1.23. The number of benzene rings is 1. The lowest BCUT2D eigenvalue weighted by Crippen LogP contribution is -2.13. The van der Waals surface area contributed by atoms with Gasteiger partial charge in [-0.15, -0.1) is 11.3 Å². The lowest BCUT2D eigenvalue weighted by atomic mass is 10.1. The third kappa shape index (κ3) is 1.13. The molecule has 78 valence electrons. The monoisotopic (exact) mass is 230 g/mol. The van der Waals surface area contributed by atoms with E-state index in [0.29, 0.717) is 15.3 Å². The standard InChI is InChI=1S/C12H6O3S/c13-9-7-3-1-2-4-8(7)10(14)12-11(9)15-5-6-16-12/h1-6H. The minimum absolute atomic E-state index is 0.139. The summed E-state index contributed by atoms with van der Waals surface area (Å²) in [5.74, 6) is 0. The number of fused-ring (bicyclic) bond motifs is 1. The molecule has 3 nitrogen and oxygen atoms in total. The Kier molecular flexibility index (Phi) is 1.91. The second-order valence-electron chi connectivity index (χ2n) is 3.37. The Morgan fingerprint density at radius 2 is 1.69 bits per heavy atom. The van der Waals surface area contributed by atoms with E-state index >= 15 is 0 Å². The molecule has 3 rings (SSSR count). The second-order valence-corrected chi connectivity index (χ2v) is 4.29. The van der Waals surface area contributed by atoms with Crippen LogP contribution in [0.1, 0.15) is 0 Å². The SMILES string of the molecule is O=c1c2occsc=2c(=O)c2ccccc12. The Labute approximate surface area is 93.2 Å². The molecule has 16 heavy (non-hydrogen) atoms. The number of hydrogen-bond donors (Lipinski definition) is 0. The van der Waals surface area contributed by atoms with E-state index in [1.807, 2.05) is 0 Å². The molecule has 1 heterocycles. The molecule has 1 aromatic rings. The minimum Gasteiger partial charge on any atom is -0.458 e. The first-order valence-electron chi connectivity index (χ1n) is 4.70. The second kappa shape index (κ2) is 3.28. The summed E-state index contributed by atoms with van der Waals surface area (Å²) in [5.41, 5.74) is -0.210. The maximum Gasteiger partial charge on any atom is 0.230 e. The van der Waals surface area contributed by atoms with Crippen molar-refractivity contribution in [2.24, 2.45) is 0 Å². The van der Waals surface area contributed by atoms with Crippen LogP contribution in [-0.2, 0) is 0 Å². The van der Waals surface area contributed by atoms with Crippen molar-refractivity contribution >= 4 is 22.1 Å². The zero-order valence-corrected chi connectivity index (χ0v) is 8.91. The molecular formula is C12H6O3S. The average Bonchev–Trinajstić information content (AvgIpc) is 2.36. The molecule has 1 aliphatic carbocycles. The molecule has 1 aliphatic heterocycles. The molecule has 1 aromatic carbocycles. The molecule has 0 saturated carbocycles. The quantitative estimate of drug-likeness (QED) is 0.593. The van der Waals surface area contributed by atoms with Gasteiger partial charge in [0, 0.05) is 16.2 Å². The van der Waals surface area contributed by atoms with E-state index in [4.69, 9.17) is 4.42 Å². The molecular weight excluding hydrogens is 224 g/mol. The lowest BCUT2D eigenvalue weighted by Gasteiger charge is -1.95. The van der Waals surface area contributed by atoms with Gasteiger partial charge in [-0.2, -0.15) is 0 Å². The highest BCUT2D eigenvalue weighted by Crippen LogP contribution is 2.07. The van der Waals surface area contributed by atoms with Crippen LogP contribution in [0.25, 0.3) is 10.8 Å². The van der Waals surface area contributed by atoms with Crippen LogP contribution in [0.4, 0.5) is 0 Å². The van der Waals surface area contributed by atoms with E-state index in [0.717, 1.165) is 0 Å². The van der Waals surface area contributed by atoms with Crippen molar-refractivity contribution in [1.29, 1.82) is 0 Å². The van der Waals surface area contributed by atoms with Gasteiger partial charge in [0.1, 0.15) is 10.8 Å². The maximum absolute atomic E-state index is 12.1. The zero-order chi connectivity index (χ0) is 11.1. The van der Waals surface area contributed by atoms with E-state index < -0.39 is 0 Å². The Balaban J connectivity index is 2.88. The fourth-order valence-electron chi connectivity index (χ4n) is 1.74. The summed E-state index contributed by atoms with van der Waals surface area (Å²) in [6, 6.07) is 6.80. The molecule has 0 amide bonds. The summed E-state index contributed by atoms with van der Waals surface area (Å²) in [4.78, 5) is 24.1. The fourth-order valence-corrected chi connectivity index (χ4v) is 2.45. The van der Waals surface area contributed by atoms with Gasteiger partial charge in [0.25, 0.3) is 0 Å². The molecule has 0 saturated heterocycles. The van der Waals surface area contributed by atoms with Crippen LogP contribution < -0.4 is 10.9 Å². The van der Waals surface area contributed by atoms with Crippen molar-refractivity contribution in [3.05, 3.63) is 66.3 Å². The molecule has 0 radical (unpaired) electrons. The lowest BCUT2D eigenvalue weighted by molar-refractivity contribution is 0.518. The van der Waals surface area contributed by atoms with Crippen LogP contribution >= 0.6 is 11.3 Å². The van der Waals surface area contributed by atoms with Crippen molar-refractivity contribution in [2.45, 2.75) is 0 Å². The van der Waals surface area contributed by atoms with E-state index in [-0.39, 0.29) is 16.3 Å². The highest BCUT2D eigenvalue weighted by molar-refractivity contribution is 7.07. The first-order valence-corrected chi connectivity index (χ1v) is 5.58. The Morgan fingerprint density at radius 3 is 2.44 bits per heavy atom. The summed E-state index contributed by atoms with van der Waals surface area (Å²) in [6.07, 6.45) is 1.42. The molecule has 0 spiro atoms. The smallest absolute Gasteiger partial charge is 0.230 e. The van der Waals surface area contributed by atoms with Gasteiger partial charge in [-0.1, -0.05) is 24.3 Å². The molecule has 0 N–H and O–H groups in total. The predicted molar refractivity (Wildman–Crippen MR) is 61.9 cm³/mol. The van der Waals surface area contributed by atoms with E-state index in [1.54, 1.807) is 29.6 Å². The number of hydrogen-bond acceptors (Lipinski definition) is 4. The van der Waals surface area contributed by atoms with Gasteiger partial charge in [0.2, 0.25) is 10.9 Å². The van der Waals surface area contributed by atoms with Crippen LogP contribution in [0.5, 0.6) is 0 Å². The first kappa shape index (κ1) is 9.30. The normalized spacial score (nSPS) is 11.0. The van der Waals surface area contributed by atoms with Gasteiger partial charge in [-0.05, 0) is 0 Å². The summed E-state index contributed by atoms with van der Waals surface area (Å²) in [5, 5.41) is 2.53. The van der Waals surface area contributed by atoms with Crippen LogP contribution in [0.15, 0.2) is 49.9 Å². The molecule has 0 atom stereocenters. The van der Waals surface area contributed by atoms with Crippen LogP contribution in [0.2, 0.25) is 0 Å². The summed E-state index contributed by atoms with van der Waals surface area (Å²) in [6.45, 7) is 0. The Hall–Kier alpha value is -1.94. The van der Waals surface area contributed by atoms with Gasteiger partial charge in [0.05, 0.1) is 0 Å². The molecule has 0 aromatic heterocycles. The first-order chi connectivity index (χ1) is 7.79. The van der Waals surface area contributed by atoms with Crippen molar-refractivity contribution in [3.8, 4) is 0 Å². The van der Waals surface area contributed by atoms with E-state index in [9.17, 15) is 9.59 Å². The molecule has 4 heteroatoms. The van der Waals surface area contributed by atoms with Crippen molar-refractivity contribution in [3.63, 3.8) is 0 Å². The van der Waals surface area contributed by atoms with Gasteiger partial charge < -0.3 is 4.42 Å². The van der Waals surface area contributed by atoms with Crippen LogP contribution in [0.3, 0.4) is 0 Å².